The Kier molecular flexibility index (Phi) is 9.98. The number of hydrogen-bond acceptors (Lipinski definition) is 6. The molecule has 0 aromatic carbocycles. The van der Waals surface area contributed by atoms with Crippen LogP contribution < -0.4 is 5.32 Å². The maximum absolute atomic E-state index is 11.4. The molecule has 0 aliphatic carbocycles. The average Bonchev–Trinajstić information content (AvgIpc) is 2.37. The highest BCUT2D eigenvalue weighted by Crippen LogP contribution is 2.06. The molecule has 0 rings (SSSR count). The molecule has 0 bridgehead atoms. The number of esters is 2. The summed E-state index contributed by atoms with van der Waals surface area (Å²) in [7, 11) is 0. The second-order valence-corrected chi connectivity index (χ2v) is 5.69. The Labute approximate surface area is 131 Å². The van der Waals surface area contributed by atoms with Gasteiger partial charge in [-0.1, -0.05) is 34.1 Å². The molecule has 7 nitrogen and oxygen atoms in total. The molecule has 1 N–H and O–H groups in total. The van der Waals surface area contributed by atoms with Crippen LogP contribution in [-0.2, 0) is 23.8 Å². The fraction of sp³-hybridized carbons (Fsp3) is 0.800. The first-order chi connectivity index (χ1) is 10.2. The Balaban J connectivity index is 3.76. The van der Waals surface area contributed by atoms with Crippen LogP contribution in [0.3, 0.4) is 0 Å². The SMILES string of the molecule is CC(C)CCCC(=O)OCNC(=O)O[C@@H](C)OC(=O)C(C)C. The quantitative estimate of drug-likeness (QED) is 0.519. The van der Waals surface area contributed by atoms with Gasteiger partial charge in [0, 0.05) is 13.3 Å². The molecule has 0 aliphatic rings. The van der Waals surface area contributed by atoms with Gasteiger partial charge in [0.1, 0.15) is 0 Å². The molecule has 0 saturated carbocycles. The van der Waals surface area contributed by atoms with Crippen molar-refractivity contribution >= 4 is 18.0 Å². The summed E-state index contributed by atoms with van der Waals surface area (Å²) < 4.78 is 14.5. The number of carbonyl (C=O) groups is 3. The Morgan fingerprint density at radius 1 is 1.00 bits per heavy atom. The van der Waals surface area contributed by atoms with Crippen LogP contribution in [0, 0.1) is 11.8 Å². The molecule has 7 heteroatoms. The van der Waals surface area contributed by atoms with Crippen molar-refractivity contribution in [2.24, 2.45) is 11.8 Å². The van der Waals surface area contributed by atoms with E-state index in [1.807, 2.05) is 0 Å². The predicted molar refractivity (Wildman–Crippen MR) is 79.7 cm³/mol. The molecule has 0 aromatic heterocycles. The largest absolute Gasteiger partial charge is 0.444 e. The Hall–Kier alpha value is -1.79. The fourth-order valence-electron chi connectivity index (χ4n) is 1.42. The maximum atomic E-state index is 11.4. The summed E-state index contributed by atoms with van der Waals surface area (Å²) in [5, 5.41) is 2.25. The van der Waals surface area contributed by atoms with E-state index in [1.165, 1.54) is 6.92 Å². The number of alkyl carbamates (subject to hydrolysis) is 1. The minimum Gasteiger partial charge on any atom is -0.444 e. The second kappa shape index (κ2) is 10.9. The summed E-state index contributed by atoms with van der Waals surface area (Å²) >= 11 is 0. The average molecular weight is 317 g/mol. The van der Waals surface area contributed by atoms with Gasteiger partial charge in [-0.15, -0.1) is 0 Å². The van der Waals surface area contributed by atoms with Crippen molar-refractivity contribution in [3.05, 3.63) is 0 Å². The van der Waals surface area contributed by atoms with Crippen LogP contribution in [0.1, 0.15) is 53.9 Å². The molecular weight excluding hydrogens is 290 g/mol. The van der Waals surface area contributed by atoms with Crippen molar-refractivity contribution in [3.8, 4) is 0 Å². The summed E-state index contributed by atoms with van der Waals surface area (Å²) in [6.07, 6.45) is 0.194. The topological polar surface area (TPSA) is 90.9 Å². The summed E-state index contributed by atoms with van der Waals surface area (Å²) in [5.74, 6) is -0.603. The van der Waals surface area contributed by atoms with Crippen molar-refractivity contribution in [1.82, 2.24) is 5.32 Å². The molecule has 0 aromatic rings. The second-order valence-electron chi connectivity index (χ2n) is 5.69. The van der Waals surface area contributed by atoms with E-state index in [0.717, 1.165) is 12.8 Å². The van der Waals surface area contributed by atoms with Gasteiger partial charge in [0.15, 0.2) is 6.73 Å². The van der Waals surface area contributed by atoms with Crippen molar-refractivity contribution in [3.63, 3.8) is 0 Å². The molecule has 0 aliphatic heterocycles. The zero-order chi connectivity index (χ0) is 17.1. The monoisotopic (exact) mass is 317 g/mol. The van der Waals surface area contributed by atoms with Crippen LogP contribution in [0.25, 0.3) is 0 Å². The Morgan fingerprint density at radius 2 is 1.64 bits per heavy atom. The van der Waals surface area contributed by atoms with Crippen molar-refractivity contribution in [2.45, 2.75) is 60.2 Å². The summed E-state index contributed by atoms with van der Waals surface area (Å²) in [4.78, 5) is 34.0. The van der Waals surface area contributed by atoms with Crippen LogP contribution in [-0.4, -0.2) is 31.1 Å². The van der Waals surface area contributed by atoms with Crippen LogP contribution in [0.2, 0.25) is 0 Å². The molecule has 0 heterocycles. The lowest BCUT2D eigenvalue weighted by molar-refractivity contribution is -0.168. The molecule has 0 fully saturated rings. The van der Waals surface area contributed by atoms with Gasteiger partial charge in [-0.05, 0) is 12.3 Å². The lowest BCUT2D eigenvalue weighted by Gasteiger charge is -2.15. The van der Waals surface area contributed by atoms with Crippen molar-refractivity contribution < 1.29 is 28.6 Å². The number of amides is 1. The minimum atomic E-state index is -1.00. The van der Waals surface area contributed by atoms with Gasteiger partial charge in [0.05, 0.1) is 5.92 Å². The summed E-state index contributed by atoms with van der Waals surface area (Å²) in [6.45, 7) is 8.66. The molecule has 0 saturated heterocycles. The van der Waals surface area contributed by atoms with Crippen LogP contribution in [0.15, 0.2) is 0 Å². The van der Waals surface area contributed by atoms with Crippen molar-refractivity contribution in [2.75, 3.05) is 6.73 Å². The first-order valence-electron chi connectivity index (χ1n) is 7.53. The standard InChI is InChI=1S/C15H27NO6/c1-10(2)7-6-8-13(17)20-9-16-15(19)22-12(5)21-14(18)11(3)4/h10-12H,6-9H2,1-5H3,(H,16,19)/t12-/m0/s1. The van der Waals surface area contributed by atoms with Gasteiger partial charge in [-0.25, -0.2) is 4.79 Å². The lowest BCUT2D eigenvalue weighted by Crippen LogP contribution is -2.33. The predicted octanol–water partition coefficient (Wildman–Crippen LogP) is 2.58. The molecule has 0 radical (unpaired) electrons. The van der Waals surface area contributed by atoms with E-state index in [0.29, 0.717) is 12.3 Å². The molecule has 128 valence electrons. The molecule has 1 atom stereocenters. The Bertz CT molecular complexity index is 367. The highest BCUT2D eigenvalue weighted by molar-refractivity contribution is 5.72. The van der Waals surface area contributed by atoms with Gasteiger partial charge in [0.2, 0.25) is 6.29 Å². The Morgan fingerprint density at radius 3 is 2.18 bits per heavy atom. The zero-order valence-corrected chi connectivity index (χ0v) is 14.0. The van der Waals surface area contributed by atoms with Crippen LogP contribution in [0.5, 0.6) is 0 Å². The third-order valence-corrected chi connectivity index (χ3v) is 2.64. The fourth-order valence-corrected chi connectivity index (χ4v) is 1.42. The molecule has 22 heavy (non-hydrogen) atoms. The van der Waals surface area contributed by atoms with E-state index in [-0.39, 0.29) is 18.6 Å². The molecular formula is C15H27NO6. The number of hydrogen-bond donors (Lipinski definition) is 1. The third-order valence-electron chi connectivity index (χ3n) is 2.64. The number of nitrogens with one attached hydrogen (secondary N) is 1. The zero-order valence-electron chi connectivity index (χ0n) is 14.0. The van der Waals surface area contributed by atoms with E-state index < -0.39 is 18.4 Å². The van der Waals surface area contributed by atoms with E-state index in [2.05, 4.69) is 19.2 Å². The van der Waals surface area contributed by atoms with Gasteiger partial charge in [-0.3, -0.25) is 14.9 Å². The van der Waals surface area contributed by atoms with Crippen molar-refractivity contribution in [1.29, 1.82) is 0 Å². The third kappa shape index (κ3) is 10.9. The smallest absolute Gasteiger partial charge is 0.412 e. The highest BCUT2D eigenvalue weighted by Gasteiger charge is 2.16. The van der Waals surface area contributed by atoms with Gasteiger partial charge in [0.25, 0.3) is 0 Å². The highest BCUT2D eigenvalue weighted by atomic mass is 16.7. The first kappa shape index (κ1) is 20.2. The van der Waals surface area contributed by atoms with Gasteiger partial charge < -0.3 is 14.2 Å². The number of carbonyl (C=O) groups excluding carboxylic acids is 3. The first-order valence-corrected chi connectivity index (χ1v) is 7.53. The normalized spacial score (nSPS) is 12.0. The summed E-state index contributed by atoms with van der Waals surface area (Å²) in [5.41, 5.74) is 0. The minimum absolute atomic E-state index is 0.274. The maximum Gasteiger partial charge on any atom is 0.412 e. The lowest BCUT2D eigenvalue weighted by atomic mass is 10.1. The van der Waals surface area contributed by atoms with Crippen LogP contribution >= 0.6 is 0 Å². The molecule has 0 spiro atoms. The van der Waals surface area contributed by atoms with E-state index in [4.69, 9.17) is 14.2 Å². The van der Waals surface area contributed by atoms with E-state index in [1.54, 1.807) is 13.8 Å². The molecule has 0 unspecified atom stereocenters. The van der Waals surface area contributed by atoms with Gasteiger partial charge in [-0.2, -0.15) is 0 Å². The van der Waals surface area contributed by atoms with Crippen LogP contribution in [0.4, 0.5) is 4.79 Å². The number of ether oxygens (including phenoxy) is 3. The van der Waals surface area contributed by atoms with E-state index >= 15 is 0 Å². The molecule has 1 amide bonds. The number of rotatable bonds is 9. The summed E-state index contributed by atoms with van der Waals surface area (Å²) in [6, 6.07) is 0. The van der Waals surface area contributed by atoms with Gasteiger partial charge >= 0.3 is 18.0 Å². The van der Waals surface area contributed by atoms with E-state index in [9.17, 15) is 14.4 Å².